The quantitative estimate of drug-likeness (QED) is 0.588. The molecule has 1 aliphatic heterocycles. The third kappa shape index (κ3) is 4.31. The van der Waals surface area contributed by atoms with Crippen LogP contribution < -0.4 is 15.0 Å². The van der Waals surface area contributed by atoms with Gasteiger partial charge in [0.2, 0.25) is 11.8 Å². The first-order valence-corrected chi connectivity index (χ1v) is 10.2. The normalized spacial score (nSPS) is 16.6. The summed E-state index contributed by atoms with van der Waals surface area (Å²) in [6, 6.07) is 8.88. The Hall–Kier alpha value is -3.21. The number of carbonyl (C=O) groups is 2. The van der Waals surface area contributed by atoms with Crippen molar-refractivity contribution >= 4 is 46.0 Å². The summed E-state index contributed by atoms with van der Waals surface area (Å²) in [5.41, 5.74) is 1.49. The van der Waals surface area contributed by atoms with E-state index in [1.807, 2.05) is 0 Å². The van der Waals surface area contributed by atoms with E-state index in [0.29, 0.717) is 26.8 Å². The fraction of sp³-hybridized carbons (Fsp3) is 0.250. The van der Waals surface area contributed by atoms with Gasteiger partial charge in [-0.25, -0.2) is 4.98 Å². The van der Waals surface area contributed by atoms with Crippen molar-refractivity contribution in [3.8, 4) is 5.75 Å². The number of carbonyl (C=O) groups excluding carboxylic acids is 2. The molecule has 0 fully saturated rings. The number of anilines is 2. The number of fused-ring (bicyclic) bond motifs is 2. The largest absolute Gasteiger partial charge is 0.497 e. The summed E-state index contributed by atoms with van der Waals surface area (Å²) in [6.45, 7) is 0. The second kappa shape index (κ2) is 8.14. The van der Waals surface area contributed by atoms with Crippen LogP contribution >= 0.6 is 11.8 Å². The topological polar surface area (TPSA) is 87.3 Å². The number of alkyl halides is 3. The number of hydrogen-bond acceptors (Lipinski definition) is 5. The van der Waals surface area contributed by atoms with Crippen molar-refractivity contribution in [3.63, 3.8) is 0 Å². The predicted molar refractivity (Wildman–Crippen MR) is 110 cm³/mol. The number of amides is 2. The molecule has 11 heteroatoms. The monoisotopic (exact) mass is 450 g/mol. The van der Waals surface area contributed by atoms with Crippen LogP contribution in [0.25, 0.3) is 11.0 Å². The average Bonchev–Trinajstić information content (AvgIpc) is 3.06. The maximum absolute atomic E-state index is 13.8. The molecule has 0 spiro atoms. The van der Waals surface area contributed by atoms with Crippen LogP contribution in [0.4, 0.5) is 24.5 Å². The lowest BCUT2D eigenvalue weighted by atomic mass is 10.1. The van der Waals surface area contributed by atoms with Crippen LogP contribution in [0.1, 0.15) is 6.42 Å². The maximum atomic E-state index is 13.8. The number of nitrogens with one attached hydrogen (secondary N) is 2. The molecule has 4 rings (SSSR count). The van der Waals surface area contributed by atoms with Crippen LogP contribution in [0.5, 0.6) is 5.75 Å². The first-order chi connectivity index (χ1) is 14.8. The molecule has 2 N–H and O–H groups in total. The van der Waals surface area contributed by atoms with E-state index >= 15 is 0 Å². The molecule has 2 aromatic carbocycles. The molecule has 162 valence electrons. The van der Waals surface area contributed by atoms with E-state index in [2.05, 4.69) is 15.3 Å². The van der Waals surface area contributed by atoms with Crippen molar-refractivity contribution in [2.24, 2.45) is 0 Å². The van der Waals surface area contributed by atoms with Crippen molar-refractivity contribution < 1.29 is 27.5 Å². The molecule has 0 saturated heterocycles. The molecule has 2 heterocycles. The highest BCUT2D eigenvalue weighted by atomic mass is 32.2. The average molecular weight is 450 g/mol. The van der Waals surface area contributed by atoms with Gasteiger partial charge in [0.25, 0.3) is 0 Å². The summed E-state index contributed by atoms with van der Waals surface area (Å²) < 4.78 is 46.4. The Morgan fingerprint density at radius 2 is 2.06 bits per heavy atom. The molecule has 31 heavy (non-hydrogen) atoms. The van der Waals surface area contributed by atoms with E-state index in [4.69, 9.17) is 4.74 Å². The molecule has 1 aliphatic rings. The van der Waals surface area contributed by atoms with Crippen molar-refractivity contribution in [1.82, 2.24) is 9.97 Å². The third-order valence-electron chi connectivity index (χ3n) is 4.77. The Balaban J connectivity index is 1.61. The molecule has 0 radical (unpaired) electrons. The number of nitrogens with zero attached hydrogens (tertiary/aromatic N) is 2. The van der Waals surface area contributed by atoms with Crippen LogP contribution in [0.15, 0.2) is 47.6 Å². The standard InChI is InChI=1S/C20H17F3N4O3S/c1-30-11-6-7-12-14(8-11)26-19(25-12)31-10-18(29)27-15-5-3-2-4-13(15)24-17(28)9-16(27)20(21,22)23/h2-8,16H,9-10H2,1H3,(H,24,28)(H,25,26). The Kier molecular flexibility index (Phi) is 5.52. The van der Waals surface area contributed by atoms with Crippen LogP contribution in [0, 0.1) is 0 Å². The number of methoxy groups -OCH3 is 1. The minimum absolute atomic E-state index is 0.00983. The Bertz CT molecular complexity index is 1150. The van der Waals surface area contributed by atoms with E-state index < -0.39 is 30.5 Å². The predicted octanol–water partition coefficient (Wildman–Crippen LogP) is 3.97. The summed E-state index contributed by atoms with van der Waals surface area (Å²) in [5.74, 6) is -1.26. The van der Waals surface area contributed by atoms with Crippen LogP contribution in [0.3, 0.4) is 0 Å². The number of halogens is 3. The van der Waals surface area contributed by atoms with Crippen molar-refractivity contribution in [2.45, 2.75) is 23.8 Å². The van der Waals surface area contributed by atoms with Gasteiger partial charge in [-0.2, -0.15) is 13.2 Å². The van der Waals surface area contributed by atoms with E-state index in [-0.39, 0.29) is 17.1 Å². The Morgan fingerprint density at radius 1 is 1.29 bits per heavy atom. The smallest absolute Gasteiger partial charge is 0.409 e. The highest BCUT2D eigenvalue weighted by Crippen LogP contribution is 2.38. The second-order valence-electron chi connectivity index (χ2n) is 6.80. The number of H-pyrrole nitrogens is 1. The molecule has 1 atom stereocenters. The molecule has 7 nitrogen and oxygen atoms in total. The number of imidazole rings is 1. The van der Waals surface area contributed by atoms with Gasteiger partial charge in [0.05, 0.1) is 41.7 Å². The summed E-state index contributed by atoms with van der Waals surface area (Å²) in [4.78, 5) is 33.0. The lowest BCUT2D eigenvalue weighted by Crippen LogP contribution is -2.50. The molecule has 2 amide bonds. The third-order valence-corrected chi connectivity index (χ3v) is 5.63. The molecule has 0 bridgehead atoms. The van der Waals surface area contributed by atoms with Gasteiger partial charge in [-0.05, 0) is 24.3 Å². The van der Waals surface area contributed by atoms with E-state index in [1.54, 1.807) is 24.3 Å². The van der Waals surface area contributed by atoms with Gasteiger partial charge in [0.15, 0.2) is 5.16 Å². The van der Waals surface area contributed by atoms with Crippen molar-refractivity contribution in [1.29, 1.82) is 0 Å². The number of ether oxygens (including phenoxy) is 1. The fourth-order valence-electron chi connectivity index (χ4n) is 3.36. The molecule has 0 saturated carbocycles. The molecule has 1 unspecified atom stereocenters. The van der Waals surface area contributed by atoms with Gasteiger partial charge in [0, 0.05) is 6.07 Å². The molecule has 3 aromatic rings. The SMILES string of the molecule is COc1ccc2nc(SCC(=O)N3c4ccccc4NC(=O)CC3C(F)(F)F)[nH]c2c1. The van der Waals surface area contributed by atoms with Crippen LogP contribution in [-0.2, 0) is 9.59 Å². The van der Waals surface area contributed by atoms with E-state index in [0.717, 1.165) is 11.8 Å². The molecule has 0 aliphatic carbocycles. The minimum Gasteiger partial charge on any atom is -0.497 e. The first kappa shape index (κ1) is 21.0. The summed E-state index contributed by atoms with van der Waals surface area (Å²) in [6.07, 6.45) is -5.65. The maximum Gasteiger partial charge on any atom is 0.409 e. The van der Waals surface area contributed by atoms with Crippen LogP contribution in [0.2, 0.25) is 0 Å². The lowest BCUT2D eigenvalue weighted by molar-refractivity contribution is -0.157. The number of thioether (sulfide) groups is 1. The highest BCUT2D eigenvalue weighted by Gasteiger charge is 2.48. The zero-order chi connectivity index (χ0) is 22.2. The summed E-state index contributed by atoms with van der Waals surface area (Å²) >= 11 is 0.985. The van der Waals surface area contributed by atoms with Gasteiger partial charge < -0.3 is 15.0 Å². The van der Waals surface area contributed by atoms with Gasteiger partial charge in [-0.3, -0.25) is 14.5 Å². The number of para-hydroxylation sites is 2. The Morgan fingerprint density at radius 3 is 2.81 bits per heavy atom. The first-order valence-electron chi connectivity index (χ1n) is 9.20. The molecular formula is C20H17F3N4O3S. The van der Waals surface area contributed by atoms with Gasteiger partial charge >= 0.3 is 6.18 Å². The molecular weight excluding hydrogens is 433 g/mol. The minimum atomic E-state index is -4.77. The zero-order valence-corrected chi connectivity index (χ0v) is 17.0. The number of aromatic amines is 1. The lowest BCUT2D eigenvalue weighted by Gasteiger charge is -2.31. The fourth-order valence-corrected chi connectivity index (χ4v) is 4.10. The second-order valence-corrected chi connectivity index (χ2v) is 7.77. The van der Waals surface area contributed by atoms with Crippen molar-refractivity contribution in [3.05, 3.63) is 42.5 Å². The van der Waals surface area contributed by atoms with E-state index in [1.165, 1.54) is 25.3 Å². The number of benzene rings is 2. The van der Waals surface area contributed by atoms with Crippen molar-refractivity contribution in [2.75, 3.05) is 23.1 Å². The molecule has 1 aromatic heterocycles. The zero-order valence-electron chi connectivity index (χ0n) is 16.2. The highest BCUT2D eigenvalue weighted by molar-refractivity contribution is 7.99. The summed E-state index contributed by atoms with van der Waals surface area (Å²) in [5, 5.41) is 2.83. The number of aromatic nitrogens is 2. The number of rotatable bonds is 4. The van der Waals surface area contributed by atoms with E-state index in [9.17, 15) is 22.8 Å². The van der Waals surface area contributed by atoms with Gasteiger partial charge in [0.1, 0.15) is 11.8 Å². The summed E-state index contributed by atoms with van der Waals surface area (Å²) in [7, 11) is 1.53. The van der Waals surface area contributed by atoms with Gasteiger partial charge in [-0.1, -0.05) is 23.9 Å². The van der Waals surface area contributed by atoms with Gasteiger partial charge in [-0.15, -0.1) is 0 Å². The Labute approximate surface area is 179 Å². The van der Waals surface area contributed by atoms with Crippen LogP contribution in [-0.4, -0.2) is 46.9 Å². The number of hydrogen-bond donors (Lipinski definition) is 2.